The zero-order valence-electron chi connectivity index (χ0n) is 15.9. The van der Waals surface area contributed by atoms with Crippen LogP contribution in [0.3, 0.4) is 0 Å². The molecule has 6 heteroatoms. The second kappa shape index (κ2) is 7.72. The van der Waals surface area contributed by atoms with Gasteiger partial charge in [-0.05, 0) is 31.9 Å². The molecule has 144 valence electrons. The van der Waals surface area contributed by atoms with E-state index in [1.165, 1.54) is 9.80 Å². The molecule has 1 aliphatic carbocycles. The summed E-state index contributed by atoms with van der Waals surface area (Å²) in [6.45, 7) is 6.75. The Hall–Kier alpha value is -2.34. The van der Waals surface area contributed by atoms with Gasteiger partial charge in [-0.25, -0.2) is 4.90 Å². The van der Waals surface area contributed by atoms with Gasteiger partial charge in [0.05, 0.1) is 50.3 Å². The summed E-state index contributed by atoms with van der Waals surface area (Å²) in [4.78, 5) is 30.5. The molecule has 27 heavy (non-hydrogen) atoms. The van der Waals surface area contributed by atoms with Gasteiger partial charge in [-0.2, -0.15) is 0 Å². The highest BCUT2D eigenvalue weighted by atomic mass is 16.5. The summed E-state index contributed by atoms with van der Waals surface area (Å²) in [7, 11) is 0. The van der Waals surface area contributed by atoms with E-state index >= 15 is 0 Å². The van der Waals surface area contributed by atoms with E-state index in [0.29, 0.717) is 26.1 Å². The van der Waals surface area contributed by atoms with E-state index in [-0.39, 0.29) is 23.7 Å². The van der Waals surface area contributed by atoms with Gasteiger partial charge in [-0.1, -0.05) is 24.3 Å². The third-order valence-corrected chi connectivity index (χ3v) is 5.96. The zero-order chi connectivity index (χ0) is 18.8. The number of amides is 2. The fraction of sp³-hybridized carbons (Fsp3) is 0.524. The quantitative estimate of drug-likeness (QED) is 0.612. The number of allylic oxidation sites excluding steroid dienone is 2. The molecule has 0 aromatic heterocycles. The van der Waals surface area contributed by atoms with E-state index < -0.39 is 0 Å². The van der Waals surface area contributed by atoms with E-state index in [2.05, 4.69) is 11.0 Å². The van der Waals surface area contributed by atoms with Crippen molar-refractivity contribution in [1.29, 1.82) is 0 Å². The van der Waals surface area contributed by atoms with Crippen LogP contribution in [0.4, 0.5) is 5.69 Å². The van der Waals surface area contributed by atoms with Gasteiger partial charge >= 0.3 is 0 Å². The maximum absolute atomic E-state index is 12.7. The van der Waals surface area contributed by atoms with Crippen molar-refractivity contribution in [1.82, 2.24) is 4.90 Å². The summed E-state index contributed by atoms with van der Waals surface area (Å²) in [5.74, 6) is 0.740. The maximum Gasteiger partial charge on any atom is 0.237 e. The molecular weight excluding hydrogens is 342 g/mol. The largest absolute Gasteiger partial charge is 0.492 e. The molecular formula is C21H28N3O3+. The Kier molecular flexibility index (Phi) is 5.16. The van der Waals surface area contributed by atoms with Gasteiger partial charge < -0.3 is 14.5 Å². The molecule has 4 rings (SSSR count). The molecule has 2 heterocycles. The second-order valence-electron chi connectivity index (χ2n) is 7.56. The summed E-state index contributed by atoms with van der Waals surface area (Å²) < 4.78 is 5.76. The molecule has 1 aromatic carbocycles. The van der Waals surface area contributed by atoms with Crippen LogP contribution in [0.1, 0.15) is 19.8 Å². The maximum atomic E-state index is 12.7. The van der Waals surface area contributed by atoms with Crippen molar-refractivity contribution in [3.8, 4) is 5.75 Å². The number of rotatable bonds is 5. The number of nitrogens with one attached hydrogen (secondary N) is 1. The average Bonchev–Trinajstić information content (AvgIpc) is 2.95. The number of para-hydroxylation sites is 2. The van der Waals surface area contributed by atoms with Crippen LogP contribution in [0.2, 0.25) is 0 Å². The van der Waals surface area contributed by atoms with Gasteiger partial charge in [0.1, 0.15) is 5.75 Å². The molecule has 2 saturated heterocycles. The Morgan fingerprint density at radius 1 is 1.04 bits per heavy atom. The second-order valence-corrected chi connectivity index (χ2v) is 7.56. The minimum Gasteiger partial charge on any atom is -0.492 e. The number of anilines is 1. The van der Waals surface area contributed by atoms with Crippen molar-refractivity contribution in [3.05, 3.63) is 36.4 Å². The van der Waals surface area contributed by atoms with Crippen LogP contribution < -0.4 is 14.5 Å². The van der Waals surface area contributed by atoms with E-state index in [0.717, 1.165) is 37.6 Å². The number of carbonyl (C=O) groups is 2. The fourth-order valence-corrected chi connectivity index (χ4v) is 4.47. The Bertz CT molecular complexity index is 714. The van der Waals surface area contributed by atoms with Gasteiger partial charge in [0.15, 0.2) is 6.67 Å². The van der Waals surface area contributed by atoms with Gasteiger partial charge in [-0.3, -0.25) is 9.59 Å². The van der Waals surface area contributed by atoms with Gasteiger partial charge in [0.25, 0.3) is 0 Å². The van der Waals surface area contributed by atoms with Gasteiger partial charge in [0, 0.05) is 0 Å². The number of ether oxygens (including phenoxy) is 1. The first kappa shape index (κ1) is 18.0. The monoisotopic (exact) mass is 370 g/mol. The molecule has 0 bridgehead atoms. The summed E-state index contributed by atoms with van der Waals surface area (Å²) in [5.41, 5.74) is 1.13. The van der Waals surface area contributed by atoms with Crippen molar-refractivity contribution in [2.75, 3.05) is 44.4 Å². The van der Waals surface area contributed by atoms with Crippen molar-refractivity contribution < 1.29 is 19.2 Å². The van der Waals surface area contributed by atoms with Crippen LogP contribution >= 0.6 is 0 Å². The first-order valence-corrected chi connectivity index (χ1v) is 9.99. The molecule has 2 aliphatic heterocycles. The van der Waals surface area contributed by atoms with Gasteiger partial charge in [-0.15, -0.1) is 0 Å². The lowest BCUT2D eigenvalue weighted by atomic mass is 9.85. The van der Waals surface area contributed by atoms with Crippen LogP contribution in [0, 0.1) is 11.8 Å². The number of benzene rings is 1. The SMILES string of the molecule is CCOc1ccccc1N1CC[NH+](CN2C(=O)[C@H]3CC=CC[C@H]3C2=O)CC1. The molecule has 0 saturated carbocycles. The Morgan fingerprint density at radius 3 is 2.30 bits per heavy atom. The molecule has 0 spiro atoms. The van der Waals surface area contributed by atoms with Crippen LogP contribution in [0.5, 0.6) is 5.75 Å². The fourth-order valence-electron chi connectivity index (χ4n) is 4.47. The third-order valence-electron chi connectivity index (χ3n) is 5.96. The molecule has 3 aliphatic rings. The highest BCUT2D eigenvalue weighted by molar-refractivity contribution is 6.05. The molecule has 2 atom stereocenters. The van der Waals surface area contributed by atoms with E-state index in [4.69, 9.17) is 4.74 Å². The highest BCUT2D eigenvalue weighted by Gasteiger charge is 2.48. The Labute approximate surface area is 160 Å². The van der Waals surface area contributed by atoms with Crippen molar-refractivity contribution in [2.45, 2.75) is 19.8 Å². The predicted octanol–water partition coefficient (Wildman–Crippen LogP) is 0.699. The van der Waals surface area contributed by atoms with Gasteiger partial charge in [0.2, 0.25) is 11.8 Å². The van der Waals surface area contributed by atoms with Crippen LogP contribution in [0.15, 0.2) is 36.4 Å². The number of fused-ring (bicyclic) bond motifs is 1. The zero-order valence-corrected chi connectivity index (χ0v) is 15.9. The topological polar surface area (TPSA) is 54.3 Å². The highest BCUT2D eigenvalue weighted by Crippen LogP contribution is 2.34. The molecule has 0 radical (unpaired) electrons. The van der Waals surface area contributed by atoms with E-state index in [9.17, 15) is 9.59 Å². The number of nitrogens with zero attached hydrogens (tertiary/aromatic N) is 2. The molecule has 1 N–H and O–H groups in total. The number of hydrogen-bond donors (Lipinski definition) is 1. The first-order chi connectivity index (χ1) is 13.2. The Balaban J connectivity index is 1.36. The molecule has 2 fully saturated rings. The number of hydrogen-bond acceptors (Lipinski definition) is 4. The van der Waals surface area contributed by atoms with Crippen LogP contribution in [-0.4, -0.2) is 56.2 Å². The van der Waals surface area contributed by atoms with E-state index in [1.54, 1.807) is 0 Å². The standard InChI is InChI=1S/C21H27N3O3/c1-2-27-19-10-6-5-9-18(19)23-13-11-22(12-14-23)15-24-20(25)16-7-3-4-8-17(16)21(24)26/h3-6,9-10,16-17H,2,7-8,11-15H2,1H3/p+1/t16-,17+. The number of quaternary nitrogens is 1. The molecule has 0 unspecified atom stereocenters. The first-order valence-electron chi connectivity index (χ1n) is 9.99. The van der Waals surface area contributed by atoms with E-state index in [1.807, 2.05) is 37.3 Å². The number of likely N-dealkylation sites (tertiary alicyclic amines) is 1. The number of imide groups is 1. The Morgan fingerprint density at radius 2 is 1.67 bits per heavy atom. The summed E-state index contributed by atoms with van der Waals surface area (Å²) in [6, 6.07) is 8.14. The minimum absolute atomic E-state index is 0.0333. The number of piperazine rings is 1. The summed E-state index contributed by atoms with van der Waals surface area (Å²) in [6.07, 6.45) is 5.50. The minimum atomic E-state index is -0.124. The lowest BCUT2D eigenvalue weighted by Crippen LogP contribution is -3.16. The summed E-state index contributed by atoms with van der Waals surface area (Å²) in [5, 5.41) is 0. The lowest BCUT2D eigenvalue weighted by molar-refractivity contribution is -0.908. The molecule has 1 aromatic rings. The normalized spacial score (nSPS) is 25.8. The van der Waals surface area contributed by atoms with Crippen molar-refractivity contribution in [2.24, 2.45) is 11.8 Å². The summed E-state index contributed by atoms with van der Waals surface area (Å²) >= 11 is 0. The smallest absolute Gasteiger partial charge is 0.237 e. The van der Waals surface area contributed by atoms with Crippen LogP contribution in [-0.2, 0) is 9.59 Å². The molecule has 2 amide bonds. The average molecular weight is 370 g/mol. The predicted molar refractivity (Wildman–Crippen MR) is 103 cm³/mol. The number of carbonyl (C=O) groups excluding carboxylic acids is 2. The molecule has 6 nitrogen and oxygen atoms in total. The van der Waals surface area contributed by atoms with Crippen molar-refractivity contribution in [3.63, 3.8) is 0 Å². The van der Waals surface area contributed by atoms with Crippen molar-refractivity contribution >= 4 is 17.5 Å². The van der Waals surface area contributed by atoms with Crippen LogP contribution in [0.25, 0.3) is 0 Å². The lowest BCUT2D eigenvalue weighted by Gasteiger charge is -2.35. The third kappa shape index (κ3) is 3.46.